The fraction of sp³-hybridized carbons (Fsp3) is 0.520. The molecule has 4 N–H and O–H groups in total. The lowest BCUT2D eigenvalue weighted by molar-refractivity contribution is -0.189. The maximum atomic E-state index is 13.9. The highest BCUT2D eigenvalue weighted by atomic mass is 35.5. The predicted molar refractivity (Wildman–Crippen MR) is 261 cm³/mol. The zero-order valence-corrected chi connectivity index (χ0v) is 42.4. The molecular weight excluding hydrogens is 1050 g/mol. The third kappa shape index (κ3) is 11.3. The van der Waals surface area contributed by atoms with Gasteiger partial charge in [-0.2, -0.15) is 8.78 Å². The number of ether oxygens (including phenoxy) is 2. The molecule has 0 bridgehead atoms. The summed E-state index contributed by atoms with van der Waals surface area (Å²) in [4.78, 5) is 97.9. The molecule has 2 aromatic heterocycles. The van der Waals surface area contributed by atoms with Crippen LogP contribution in [0.1, 0.15) is 119 Å². The number of hydrogen-bond acceptors (Lipinski definition) is 10. The number of amides is 6. The summed E-state index contributed by atoms with van der Waals surface area (Å²) >= 11 is 12.3. The number of carbonyl (C=O) groups excluding carboxylic acids is 6. The number of imidazole rings is 2. The van der Waals surface area contributed by atoms with E-state index in [4.69, 9.17) is 27.9 Å². The van der Waals surface area contributed by atoms with Gasteiger partial charge in [0.2, 0.25) is 11.8 Å². The molecule has 6 aliphatic rings. The summed E-state index contributed by atoms with van der Waals surface area (Å²) in [6.07, 6.45) is 8.59. The summed E-state index contributed by atoms with van der Waals surface area (Å²) in [5.74, 6) is -6.47. The molecule has 2 spiro atoms. The Labute approximate surface area is 441 Å². The summed E-state index contributed by atoms with van der Waals surface area (Å²) in [5, 5.41) is 5.79. The molecular formula is C50H54Cl2F6N10O8. The van der Waals surface area contributed by atoms with Gasteiger partial charge in [0.05, 0.1) is 53.4 Å². The van der Waals surface area contributed by atoms with Gasteiger partial charge in [0, 0.05) is 74.3 Å². The SMILES string of the molecule is O=C(NC1CCC2(CCCN(c3cc(F)c(F)cc3Cl)C2=O)CC1)c1nc[nH]c1C(=O)N1CC(OC(F)F)C1.O=C(NC1CCC2(CCCN(c3cc(F)c(F)cc3Cl)C2=O)CC1)c1nc[nH]c1C(=O)N1CCOCC1. The van der Waals surface area contributed by atoms with Crippen LogP contribution in [0.4, 0.5) is 37.7 Å². The summed E-state index contributed by atoms with van der Waals surface area (Å²) in [5.41, 5.74) is -0.982. The number of aromatic amines is 2. The van der Waals surface area contributed by atoms with Crippen LogP contribution in [0, 0.1) is 34.1 Å². The van der Waals surface area contributed by atoms with Gasteiger partial charge in [-0.3, -0.25) is 28.8 Å². The second kappa shape index (κ2) is 22.8. The molecule has 0 unspecified atom stereocenters. The molecule has 6 heterocycles. The topological polar surface area (TPSA) is 215 Å². The number of nitrogens with one attached hydrogen (secondary N) is 4. The molecule has 76 heavy (non-hydrogen) atoms. The summed E-state index contributed by atoms with van der Waals surface area (Å²) in [6.45, 7) is -0.449. The Hall–Kier alpha value is -6.24. The maximum Gasteiger partial charge on any atom is 0.345 e. The van der Waals surface area contributed by atoms with E-state index in [0.717, 1.165) is 24.3 Å². The molecule has 18 nitrogen and oxygen atoms in total. The van der Waals surface area contributed by atoms with Crippen molar-refractivity contribution in [2.45, 2.75) is 102 Å². The van der Waals surface area contributed by atoms with Crippen LogP contribution in [0.5, 0.6) is 0 Å². The Balaban J connectivity index is 0.000000186. The van der Waals surface area contributed by atoms with Crippen LogP contribution in [0.15, 0.2) is 36.9 Å². The van der Waals surface area contributed by atoms with Gasteiger partial charge in [-0.25, -0.2) is 27.5 Å². The standard InChI is InChI=1S/C25H26ClF4N5O4.C25H28ClF2N5O4/c26-15-8-16(27)17(28)9-18(15)35-7-1-4-25(23(35)38)5-2-13(3-6-25)33-21(36)19-20(32-12-31-19)22(37)34-10-14(11-34)39-24(29)30;26-16-12-17(27)18(28)13-19(16)33-7-1-4-25(24(33)36)5-2-15(3-6-25)31-22(34)20-21(30-14-29-20)23(35)32-8-10-37-11-9-32/h8-9,12-14,24H,1-7,10-11H2,(H,31,32)(H,33,36);12-15H,1-11H2,(H,29,30)(H,31,34). The van der Waals surface area contributed by atoms with Gasteiger partial charge < -0.3 is 49.7 Å². The van der Waals surface area contributed by atoms with Crippen LogP contribution < -0.4 is 20.4 Å². The number of H-pyrrole nitrogens is 2. The van der Waals surface area contributed by atoms with Crippen LogP contribution in [0.2, 0.25) is 10.0 Å². The Morgan fingerprint density at radius 1 is 0.632 bits per heavy atom. The van der Waals surface area contributed by atoms with Gasteiger partial charge in [0.15, 0.2) is 34.7 Å². The molecule has 10 rings (SSSR count). The molecule has 4 aromatic rings. The van der Waals surface area contributed by atoms with Crippen LogP contribution in [0.3, 0.4) is 0 Å². The van der Waals surface area contributed by atoms with Crippen molar-refractivity contribution in [3.8, 4) is 0 Å². The van der Waals surface area contributed by atoms with Crippen molar-refractivity contribution in [2.24, 2.45) is 10.8 Å². The van der Waals surface area contributed by atoms with Gasteiger partial charge >= 0.3 is 6.61 Å². The molecule has 2 aromatic carbocycles. The van der Waals surface area contributed by atoms with E-state index < -0.39 is 64.5 Å². The van der Waals surface area contributed by atoms with Gasteiger partial charge in [-0.15, -0.1) is 0 Å². The Kier molecular flexibility index (Phi) is 16.3. The van der Waals surface area contributed by atoms with E-state index in [0.29, 0.717) is 116 Å². The summed E-state index contributed by atoms with van der Waals surface area (Å²) in [7, 11) is 0. The quantitative estimate of drug-likeness (QED) is 0.0927. The van der Waals surface area contributed by atoms with Crippen molar-refractivity contribution < 1.29 is 64.6 Å². The fourth-order valence-electron chi connectivity index (χ4n) is 11.3. The third-order valence-corrected chi connectivity index (χ3v) is 16.1. The van der Waals surface area contributed by atoms with Crippen LogP contribution in [0.25, 0.3) is 0 Å². The number of aromatic nitrogens is 4. The lowest BCUT2D eigenvalue weighted by atomic mass is 9.67. The van der Waals surface area contributed by atoms with Gasteiger partial charge in [-0.1, -0.05) is 23.2 Å². The van der Waals surface area contributed by atoms with E-state index in [9.17, 15) is 55.1 Å². The predicted octanol–water partition coefficient (Wildman–Crippen LogP) is 7.19. The molecule has 6 amide bonds. The third-order valence-electron chi connectivity index (χ3n) is 15.5. The van der Waals surface area contributed by atoms with E-state index in [1.807, 2.05) is 0 Å². The monoisotopic (exact) mass is 1110 g/mol. The number of benzene rings is 2. The van der Waals surface area contributed by atoms with E-state index >= 15 is 0 Å². The molecule has 4 saturated heterocycles. The average molecular weight is 1110 g/mol. The minimum atomic E-state index is -2.92. The van der Waals surface area contributed by atoms with Crippen molar-refractivity contribution in [1.29, 1.82) is 0 Å². The van der Waals surface area contributed by atoms with Crippen LogP contribution in [-0.4, -0.2) is 142 Å². The zero-order valence-electron chi connectivity index (χ0n) is 40.9. The van der Waals surface area contributed by atoms with Gasteiger partial charge in [0.25, 0.3) is 23.6 Å². The first-order valence-corrected chi connectivity index (χ1v) is 25.8. The molecule has 2 aliphatic carbocycles. The lowest BCUT2D eigenvalue weighted by Gasteiger charge is -2.45. The van der Waals surface area contributed by atoms with Crippen molar-refractivity contribution in [2.75, 3.05) is 62.3 Å². The van der Waals surface area contributed by atoms with E-state index in [1.54, 1.807) is 4.90 Å². The number of rotatable bonds is 10. The van der Waals surface area contributed by atoms with Crippen molar-refractivity contribution in [3.63, 3.8) is 0 Å². The Morgan fingerprint density at radius 2 is 1.04 bits per heavy atom. The number of likely N-dealkylation sites (tertiary alicyclic amines) is 1. The highest BCUT2D eigenvalue weighted by Gasteiger charge is 2.49. The number of piperidine rings is 2. The summed E-state index contributed by atoms with van der Waals surface area (Å²) in [6, 6.07) is 3.20. The van der Waals surface area contributed by atoms with Crippen molar-refractivity contribution >= 4 is 70.0 Å². The van der Waals surface area contributed by atoms with Crippen molar-refractivity contribution in [3.05, 3.63) is 93.0 Å². The zero-order chi connectivity index (χ0) is 54.1. The number of alkyl halides is 2. The van der Waals surface area contributed by atoms with E-state index in [1.165, 1.54) is 27.4 Å². The van der Waals surface area contributed by atoms with Gasteiger partial charge in [0.1, 0.15) is 11.4 Å². The minimum Gasteiger partial charge on any atom is -0.378 e. The highest BCUT2D eigenvalue weighted by molar-refractivity contribution is 6.34. The first-order valence-electron chi connectivity index (χ1n) is 25.1. The first kappa shape index (κ1) is 54.5. The van der Waals surface area contributed by atoms with Crippen molar-refractivity contribution in [1.82, 2.24) is 40.4 Å². The molecule has 26 heteroatoms. The van der Waals surface area contributed by atoms with E-state index in [2.05, 4.69) is 35.3 Å². The molecule has 0 radical (unpaired) electrons. The summed E-state index contributed by atoms with van der Waals surface area (Å²) < 4.78 is 89.2. The first-order chi connectivity index (χ1) is 36.4. The second-order valence-electron chi connectivity index (χ2n) is 20.0. The number of carbonyl (C=O) groups is 6. The number of nitrogens with zero attached hydrogens (tertiary/aromatic N) is 6. The number of anilines is 2. The van der Waals surface area contributed by atoms with Gasteiger partial charge in [-0.05, 0) is 89.2 Å². The molecule has 6 fully saturated rings. The molecule has 0 atom stereocenters. The molecule has 408 valence electrons. The van der Waals surface area contributed by atoms with Crippen LogP contribution in [-0.2, 0) is 19.1 Å². The van der Waals surface area contributed by atoms with Crippen LogP contribution >= 0.6 is 23.2 Å². The normalized spacial score (nSPS) is 24.1. The number of morpholine rings is 1. The maximum absolute atomic E-state index is 13.9. The van der Waals surface area contributed by atoms with E-state index in [-0.39, 0.29) is 87.1 Å². The number of hydrogen-bond donors (Lipinski definition) is 4. The Morgan fingerprint density at radius 3 is 1.46 bits per heavy atom. The molecule has 2 saturated carbocycles. The highest BCUT2D eigenvalue weighted by Crippen LogP contribution is 2.48. The smallest absolute Gasteiger partial charge is 0.345 e. The minimum absolute atomic E-state index is 0.00770. The largest absolute Gasteiger partial charge is 0.378 e. The average Bonchev–Trinajstić information content (AvgIpc) is 4.12. The Bertz CT molecular complexity index is 2860. The lowest BCUT2D eigenvalue weighted by Crippen LogP contribution is -2.55. The number of halogens is 8. The molecule has 4 aliphatic heterocycles. The fourth-order valence-corrected chi connectivity index (χ4v) is 11.8. The second-order valence-corrected chi connectivity index (χ2v) is 20.8.